The first-order valence-electron chi connectivity index (χ1n) is 8.26. The molecule has 1 fully saturated rings. The van der Waals surface area contributed by atoms with Crippen LogP contribution in [0, 0.1) is 0 Å². The first-order valence-corrected chi connectivity index (χ1v) is 9.46. The first-order chi connectivity index (χ1) is 13.0. The fourth-order valence-corrected chi connectivity index (χ4v) is 3.75. The Morgan fingerprint density at radius 3 is 2.56 bits per heavy atom. The summed E-state index contributed by atoms with van der Waals surface area (Å²) < 4.78 is 4.69. The van der Waals surface area contributed by atoms with E-state index in [0.29, 0.717) is 32.9 Å². The van der Waals surface area contributed by atoms with Crippen molar-refractivity contribution in [1.29, 1.82) is 0 Å². The molecule has 0 spiro atoms. The highest BCUT2D eigenvalue weighted by molar-refractivity contribution is 8.18. The van der Waals surface area contributed by atoms with Gasteiger partial charge in [-0.05, 0) is 60.7 Å². The largest absolute Gasteiger partial charge is 0.465 e. The number of ether oxygens (including phenoxy) is 1. The SMILES string of the molecule is CCN1C(=O)/C(=C\c2ccccc2Cl)SC1=Nc1ccc(C(=O)OC)cc1. The molecule has 0 aromatic heterocycles. The van der Waals surface area contributed by atoms with E-state index in [1.807, 2.05) is 25.1 Å². The fraction of sp³-hybridized carbons (Fsp3) is 0.150. The number of halogens is 1. The van der Waals surface area contributed by atoms with Crippen molar-refractivity contribution in [3.8, 4) is 0 Å². The van der Waals surface area contributed by atoms with Gasteiger partial charge in [-0.1, -0.05) is 29.8 Å². The Kier molecular flexibility index (Phi) is 5.98. The standard InChI is InChI=1S/C20H17ClN2O3S/c1-3-23-18(24)17(12-14-6-4-5-7-16(14)21)27-20(23)22-15-10-8-13(9-11-15)19(25)26-2/h4-12H,3H2,1-2H3/b17-12+,22-20?. The second-order valence-corrected chi connectivity index (χ2v) is 7.03. The number of amides is 1. The minimum Gasteiger partial charge on any atom is -0.465 e. The zero-order chi connectivity index (χ0) is 19.4. The van der Waals surface area contributed by atoms with Gasteiger partial charge in [-0.15, -0.1) is 0 Å². The number of amidine groups is 1. The van der Waals surface area contributed by atoms with Gasteiger partial charge in [0.2, 0.25) is 0 Å². The minimum atomic E-state index is -0.403. The second-order valence-electron chi connectivity index (χ2n) is 5.61. The number of esters is 1. The maximum Gasteiger partial charge on any atom is 0.337 e. The number of hydrogen-bond donors (Lipinski definition) is 0. The van der Waals surface area contributed by atoms with E-state index in [4.69, 9.17) is 11.6 Å². The van der Waals surface area contributed by atoms with Crippen molar-refractivity contribution < 1.29 is 14.3 Å². The molecule has 138 valence electrons. The summed E-state index contributed by atoms with van der Waals surface area (Å²) in [6.07, 6.45) is 1.78. The fourth-order valence-electron chi connectivity index (χ4n) is 2.50. The molecule has 0 aliphatic carbocycles. The van der Waals surface area contributed by atoms with Gasteiger partial charge < -0.3 is 4.74 Å². The minimum absolute atomic E-state index is 0.104. The molecule has 0 atom stereocenters. The van der Waals surface area contributed by atoms with Crippen LogP contribution in [-0.4, -0.2) is 35.6 Å². The highest BCUT2D eigenvalue weighted by Crippen LogP contribution is 2.35. The number of nitrogens with zero attached hydrogens (tertiary/aromatic N) is 2. The van der Waals surface area contributed by atoms with Crippen LogP contribution in [-0.2, 0) is 9.53 Å². The lowest BCUT2D eigenvalue weighted by Gasteiger charge is -2.12. The van der Waals surface area contributed by atoms with E-state index < -0.39 is 5.97 Å². The number of likely N-dealkylation sites (N-methyl/N-ethyl adjacent to an activating group) is 1. The van der Waals surface area contributed by atoms with Gasteiger partial charge in [0, 0.05) is 11.6 Å². The Labute approximate surface area is 166 Å². The second kappa shape index (κ2) is 8.41. The maximum atomic E-state index is 12.7. The van der Waals surface area contributed by atoms with Gasteiger partial charge in [0.25, 0.3) is 5.91 Å². The maximum absolute atomic E-state index is 12.7. The Morgan fingerprint density at radius 2 is 1.93 bits per heavy atom. The van der Waals surface area contributed by atoms with Gasteiger partial charge in [-0.3, -0.25) is 9.69 Å². The Hall–Kier alpha value is -2.57. The molecule has 0 bridgehead atoms. The molecule has 0 N–H and O–H groups in total. The van der Waals surface area contributed by atoms with Crippen molar-refractivity contribution in [2.24, 2.45) is 4.99 Å². The number of rotatable bonds is 4. The Bertz CT molecular complexity index is 938. The zero-order valence-corrected chi connectivity index (χ0v) is 16.4. The van der Waals surface area contributed by atoms with E-state index >= 15 is 0 Å². The summed E-state index contributed by atoms with van der Waals surface area (Å²) in [6.45, 7) is 2.40. The van der Waals surface area contributed by atoms with Crippen LogP contribution in [0.15, 0.2) is 58.4 Å². The molecule has 1 heterocycles. The van der Waals surface area contributed by atoms with Crippen LogP contribution < -0.4 is 0 Å². The highest BCUT2D eigenvalue weighted by atomic mass is 35.5. The normalized spacial score (nSPS) is 17.0. The molecule has 1 amide bonds. The van der Waals surface area contributed by atoms with Crippen LogP contribution >= 0.6 is 23.4 Å². The van der Waals surface area contributed by atoms with Gasteiger partial charge in [-0.25, -0.2) is 9.79 Å². The number of thioether (sulfide) groups is 1. The van der Waals surface area contributed by atoms with Gasteiger partial charge in [0.05, 0.1) is 23.3 Å². The number of hydrogen-bond acceptors (Lipinski definition) is 5. The molecule has 1 aliphatic heterocycles. The predicted octanol–water partition coefficient (Wildman–Crippen LogP) is 4.75. The molecule has 2 aromatic rings. The van der Waals surface area contributed by atoms with Gasteiger partial charge in [0.1, 0.15) is 0 Å². The molecular formula is C20H17ClN2O3S. The summed E-state index contributed by atoms with van der Waals surface area (Å²) in [4.78, 5) is 30.9. The van der Waals surface area contributed by atoms with Crippen LogP contribution in [0.1, 0.15) is 22.8 Å². The lowest BCUT2D eigenvalue weighted by Crippen LogP contribution is -2.28. The van der Waals surface area contributed by atoms with Gasteiger partial charge in [0.15, 0.2) is 5.17 Å². The van der Waals surface area contributed by atoms with E-state index in [1.54, 1.807) is 41.3 Å². The van der Waals surface area contributed by atoms with Crippen LogP contribution in [0.2, 0.25) is 5.02 Å². The van der Waals surface area contributed by atoms with Crippen LogP contribution in [0.5, 0.6) is 0 Å². The van der Waals surface area contributed by atoms with Crippen LogP contribution in [0.4, 0.5) is 5.69 Å². The van der Waals surface area contributed by atoms with Crippen molar-refractivity contribution >= 4 is 52.2 Å². The molecule has 2 aromatic carbocycles. The highest BCUT2D eigenvalue weighted by Gasteiger charge is 2.32. The van der Waals surface area contributed by atoms with Gasteiger partial charge in [-0.2, -0.15) is 0 Å². The van der Waals surface area contributed by atoms with E-state index in [-0.39, 0.29) is 5.91 Å². The molecule has 3 rings (SSSR count). The third-order valence-corrected chi connectivity index (χ3v) is 5.26. The Balaban J connectivity index is 1.89. The number of carbonyl (C=O) groups excluding carboxylic acids is 2. The van der Waals surface area contributed by atoms with Crippen molar-refractivity contribution in [2.45, 2.75) is 6.92 Å². The summed E-state index contributed by atoms with van der Waals surface area (Å²) >= 11 is 7.49. The zero-order valence-electron chi connectivity index (χ0n) is 14.8. The number of aliphatic imine (C=N–C) groups is 1. The summed E-state index contributed by atoms with van der Waals surface area (Å²) in [5, 5.41) is 1.18. The Morgan fingerprint density at radius 1 is 1.22 bits per heavy atom. The quantitative estimate of drug-likeness (QED) is 0.549. The first kappa shape index (κ1) is 19.2. The topological polar surface area (TPSA) is 59.0 Å². The molecule has 7 heteroatoms. The number of methoxy groups -OCH3 is 1. The lowest BCUT2D eigenvalue weighted by atomic mass is 10.2. The van der Waals surface area contributed by atoms with Gasteiger partial charge >= 0.3 is 5.97 Å². The monoisotopic (exact) mass is 400 g/mol. The molecule has 0 unspecified atom stereocenters. The van der Waals surface area contributed by atoms with E-state index in [1.165, 1.54) is 18.9 Å². The summed E-state index contributed by atoms with van der Waals surface area (Å²) in [5.41, 5.74) is 1.88. The molecule has 1 saturated heterocycles. The van der Waals surface area contributed by atoms with E-state index in [9.17, 15) is 9.59 Å². The van der Waals surface area contributed by atoms with Crippen LogP contribution in [0.25, 0.3) is 6.08 Å². The molecule has 5 nitrogen and oxygen atoms in total. The molecule has 27 heavy (non-hydrogen) atoms. The molecule has 1 aliphatic rings. The predicted molar refractivity (Wildman–Crippen MR) is 109 cm³/mol. The smallest absolute Gasteiger partial charge is 0.337 e. The molecule has 0 radical (unpaired) electrons. The number of benzene rings is 2. The van der Waals surface area contributed by atoms with Crippen molar-refractivity contribution in [2.75, 3.05) is 13.7 Å². The van der Waals surface area contributed by atoms with Crippen molar-refractivity contribution in [1.82, 2.24) is 4.90 Å². The summed E-state index contributed by atoms with van der Waals surface area (Å²) in [7, 11) is 1.34. The summed E-state index contributed by atoms with van der Waals surface area (Å²) in [6, 6.07) is 14.1. The van der Waals surface area contributed by atoms with E-state index in [2.05, 4.69) is 9.73 Å². The van der Waals surface area contributed by atoms with Crippen molar-refractivity contribution in [3.63, 3.8) is 0 Å². The summed E-state index contributed by atoms with van der Waals surface area (Å²) in [5.74, 6) is -0.507. The molecular weight excluding hydrogens is 384 g/mol. The average Bonchev–Trinajstić information content (AvgIpc) is 2.97. The van der Waals surface area contributed by atoms with Crippen LogP contribution in [0.3, 0.4) is 0 Å². The lowest BCUT2D eigenvalue weighted by molar-refractivity contribution is -0.122. The van der Waals surface area contributed by atoms with Crippen molar-refractivity contribution in [3.05, 3.63) is 69.6 Å². The number of carbonyl (C=O) groups is 2. The third-order valence-electron chi connectivity index (χ3n) is 3.91. The van der Waals surface area contributed by atoms with E-state index in [0.717, 1.165) is 5.56 Å². The molecule has 0 saturated carbocycles. The average molecular weight is 401 g/mol. The third kappa shape index (κ3) is 4.23.